The van der Waals surface area contributed by atoms with E-state index in [-0.39, 0.29) is 18.2 Å². The first-order chi connectivity index (χ1) is 10.9. The molecular weight excluding hydrogens is 290 g/mol. The van der Waals surface area contributed by atoms with Crippen LogP contribution in [-0.2, 0) is 0 Å². The van der Waals surface area contributed by atoms with Crippen molar-refractivity contribution in [2.75, 3.05) is 6.54 Å². The number of rotatable bonds is 7. The number of hydrogen-bond donors (Lipinski definition) is 2. The minimum atomic E-state index is -1.07. The van der Waals surface area contributed by atoms with Gasteiger partial charge in [0.05, 0.1) is 5.60 Å². The molecule has 4 heteroatoms. The molecule has 4 nitrogen and oxygen atoms in total. The summed E-state index contributed by atoms with van der Waals surface area (Å²) in [6.45, 7) is 11.2. The van der Waals surface area contributed by atoms with Crippen molar-refractivity contribution in [2.24, 2.45) is 0 Å². The van der Waals surface area contributed by atoms with Crippen molar-refractivity contribution in [1.29, 1.82) is 0 Å². The second-order valence-corrected chi connectivity index (χ2v) is 5.95. The first kappa shape index (κ1) is 17.0. The van der Waals surface area contributed by atoms with Gasteiger partial charge in [0.2, 0.25) is 0 Å². The van der Waals surface area contributed by atoms with Crippen LogP contribution in [0.15, 0.2) is 47.9 Å². The molecule has 0 saturated carbocycles. The Bertz CT molecular complexity index is 732. The van der Waals surface area contributed by atoms with Crippen LogP contribution in [0.3, 0.4) is 0 Å². The molecule has 1 aromatic heterocycles. The van der Waals surface area contributed by atoms with Crippen molar-refractivity contribution < 1.29 is 14.3 Å². The van der Waals surface area contributed by atoms with Crippen LogP contribution in [-0.4, -0.2) is 23.2 Å². The summed E-state index contributed by atoms with van der Waals surface area (Å²) in [7, 11) is 0. The molecule has 1 amide bonds. The van der Waals surface area contributed by atoms with Gasteiger partial charge in [-0.15, -0.1) is 13.2 Å². The predicted octanol–water partition coefficient (Wildman–Crippen LogP) is 3.66. The monoisotopic (exact) mass is 313 g/mol. The van der Waals surface area contributed by atoms with Gasteiger partial charge >= 0.3 is 0 Å². The van der Waals surface area contributed by atoms with E-state index in [2.05, 4.69) is 18.5 Å². The van der Waals surface area contributed by atoms with Crippen LogP contribution in [0.1, 0.15) is 34.5 Å². The van der Waals surface area contributed by atoms with Gasteiger partial charge in [-0.1, -0.05) is 23.8 Å². The molecule has 1 heterocycles. The molecule has 0 spiro atoms. The molecule has 2 N–H and O–H groups in total. The molecule has 122 valence electrons. The summed E-state index contributed by atoms with van der Waals surface area (Å²) in [5, 5.41) is 14.1. The summed E-state index contributed by atoms with van der Waals surface area (Å²) >= 11 is 0. The van der Waals surface area contributed by atoms with Gasteiger partial charge in [-0.3, -0.25) is 4.79 Å². The fourth-order valence-corrected chi connectivity index (χ4v) is 2.64. The third-order valence-corrected chi connectivity index (χ3v) is 3.92. The highest BCUT2D eigenvalue weighted by atomic mass is 16.3. The van der Waals surface area contributed by atoms with Gasteiger partial charge in [0.15, 0.2) is 5.76 Å². The second kappa shape index (κ2) is 6.84. The van der Waals surface area contributed by atoms with Crippen LogP contribution in [0.25, 0.3) is 11.0 Å². The highest BCUT2D eigenvalue weighted by molar-refractivity contribution is 5.99. The first-order valence-corrected chi connectivity index (χ1v) is 7.62. The summed E-state index contributed by atoms with van der Waals surface area (Å²) in [4.78, 5) is 12.4. The zero-order chi connectivity index (χ0) is 17.0. The molecular formula is C19H23NO3. The molecule has 0 aliphatic rings. The molecule has 23 heavy (non-hydrogen) atoms. The number of nitrogens with one attached hydrogen (secondary N) is 1. The number of carbonyl (C=O) groups is 1. The number of fused-ring (bicyclic) bond motifs is 1. The lowest BCUT2D eigenvalue weighted by atomic mass is 9.95. The van der Waals surface area contributed by atoms with E-state index in [4.69, 9.17) is 4.42 Å². The first-order valence-electron chi connectivity index (χ1n) is 7.62. The Kier molecular flexibility index (Phi) is 5.06. The normalized spacial score (nSPS) is 11.4. The summed E-state index contributed by atoms with van der Waals surface area (Å²) < 4.78 is 5.67. The Morgan fingerprint density at radius 1 is 1.30 bits per heavy atom. The molecule has 0 unspecified atom stereocenters. The Morgan fingerprint density at radius 3 is 2.57 bits per heavy atom. The molecule has 0 bridgehead atoms. The summed E-state index contributed by atoms with van der Waals surface area (Å²) in [5.41, 5.74) is 1.53. The molecule has 2 rings (SSSR count). The summed E-state index contributed by atoms with van der Waals surface area (Å²) in [5.74, 6) is -0.0481. The van der Waals surface area contributed by atoms with E-state index in [9.17, 15) is 9.90 Å². The Labute approximate surface area is 136 Å². The highest BCUT2D eigenvalue weighted by Crippen LogP contribution is 2.26. The number of aliphatic hydroxyl groups is 1. The van der Waals surface area contributed by atoms with E-state index in [1.807, 2.05) is 32.0 Å². The fraction of sp³-hybridized carbons (Fsp3) is 0.316. The van der Waals surface area contributed by atoms with Crippen LogP contribution < -0.4 is 5.32 Å². The van der Waals surface area contributed by atoms with Gasteiger partial charge in [-0.25, -0.2) is 0 Å². The van der Waals surface area contributed by atoms with Gasteiger partial charge in [-0.2, -0.15) is 0 Å². The van der Waals surface area contributed by atoms with Crippen LogP contribution in [0.5, 0.6) is 0 Å². The van der Waals surface area contributed by atoms with E-state index >= 15 is 0 Å². The summed E-state index contributed by atoms with van der Waals surface area (Å²) in [6.07, 6.45) is 4.00. The molecule has 0 saturated heterocycles. The molecule has 1 aromatic carbocycles. The SMILES string of the molecule is C=CCC(O)(CC=C)CNC(=O)c1oc2ccc(C)cc2c1C. The van der Waals surface area contributed by atoms with E-state index in [0.717, 1.165) is 16.5 Å². The lowest BCUT2D eigenvalue weighted by molar-refractivity contribution is 0.0432. The minimum Gasteiger partial charge on any atom is -0.451 e. The number of hydrogen-bond acceptors (Lipinski definition) is 3. The van der Waals surface area contributed by atoms with Gasteiger partial charge in [0.25, 0.3) is 5.91 Å². The maximum atomic E-state index is 12.4. The number of aryl methyl sites for hydroxylation is 2. The molecule has 0 aliphatic carbocycles. The predicted molar refractivity (Wildman–Crippen MR) is 92.6 cm³/mol. The fourth-order valence-electron chi connectivity index (χ4n) is 2.64. The number of benzene rings is 1. The van der Waals surface area contributed by atoms with E-state index in [1.165, 1.54) is 0 Å². The van der Waals surface area contributed by atoms with Crippen molar-refractivity contribution in [3.05, 3.63) is 60.4 Å². The molecule has 0 aliphatic heterocycles. The quantitative estimate of drug-likeness (QED) is 0.767. The standard InChI is InChI=1S/C19H23NO3/c1-5-9-19(22,10-6-2)12-20-18(21)17-14(4)15-11-13(3)7-8-16(15)23-17/h5-8,11,22H,1-2,9-10,12H2,3-4H3,(H,20,21). The van der Waals surface area contributed by atoms with Crippen molar-refractivity contribution in [3.8, 4) is 0 Å². The summed E-state index contributed by atoms with van der Waals surface area (Å²) in [6, 6.07) is 5.80. The van der Waals surface area contributed by atoms with Crippen LogP contribution >= 0.6 is 0 Å². The van der Waals surface area contributed by atoms with Crippen molar-refractivity contribution in [3.63, 3.8) is 0 Å². The van der Waals surface area contributed by atoms with Gasteiger partial charge in [-0.05, 0) is 38.8 Å². The van der Waals surface area contributed by atoms with Crippen LogP contribution in [0.4, 0.5) is 0 Å². The maximum Gasteiger partial charge on any atom is 0.287 e. The average molecular weight is 313 g/mol. The lowest BCUT2D eigenvalue weighted by Crippen LogP contribution is -2.42. The zero-order valence-corrected chi connectivity index (χ0v) is 13.7. The van der Waals surface area contributed by atoms with Gasteiger partial charge in [0, 0.05) is 17.5 Å². The minimum absolute atomic E-state index is 0.111. The van der Waals surface area contributed by atoms with E-state index in [0.29, 0.717) is 18.4 Å². The van der Waals surface area contributed by atoms with Crippen molar-refractivity contribution in [2.45, 2.75) is 32.3 Å². The van der Waals surface area contributed by atoms with Gasteiger partial charge in [0.1, 0.15) is 5.58 Å². The highest BCUT2D eigenvalue weighted by Gasteiger charge is 2.26. The molecule has 0 radical (unpaired) electrons. The van der Waals surface area contributed by atoms with Crippen molar-refractivity contribution in [1.82, 2.24) is 5.32 Å². The topological polar surface area (TPSA) is 62.5 Å². The molecule has 0 fully saturated rings. The maximum absolute atomic E-state index is 12.4. The largest absolute Gasteiger partial charge is 0.451 e. The van der Waals surface area contributed by atoms with E-state index in [1.54, 1.807) is 12.2 Å². The lowest BCUT2D eigenvalue weighted by Gasteiger charge is -2.25. The number of amides is 1. The van der Waals surface area contributed by atoms with Crippen LogP contribution in [0.2, 0.25) is 0 Å². The Hall–Kier alpha value is -2.33. The third-order valence-electron chi connectivity index (χ3n) is 3.92. The molecule has 0 atom stereocenters. The third kappa shape index (κ3) is 3.71. The van der Waals surface area contributed by atoms with Gasteiger partial charge < -0.3 is 14.8 Å². The number of furan rings is 1. The Balaban J connectivity index is 2.19. The van der Waals surface area contributed by atoms with E-state index < -0.39 is 5.60 Å². The Morgan fingerprint density at radius 2 is 1.96 bits per heavy atom. The molecule has 2 aromatic rings. The second-order valence-electron chi connectivity index (χ2n) is 5.95. The average Bonchev–Trinajstić information content (AvgIpc) is 2.82. The number of carbonyl (C=O) groups excluding carboxylic acids is 1. The zero-order valence-electron chi connectivity index (χ0n) is 13.7. The van der Waals surface area contributed by atoms with Crippen LogP contribution in [0, 0.1) is 13.8 Å². The smallest absolute Gasteiger partial charge is 0.287 e. The van der Waals surface area contributed by atoms with Crippen molar-refractivity contribution >= 4 is 16.9 Å².